The summed E-state index contributed by atoms with van der Waals surface area (Å²) < 4.78 is 0.451. The Morgan fingerprint density at radius 1 is 0.750 bits per heavy atom. The van der Waals surface area contributed by atoms with E-state index in [0.717, 1.165) is 0 Å². The third-order valence-corrected chi connectivity index (χ3v) is 7.36. The Bertz CT molecular complexity index is 589. The maximum atomic E-state index is 2.58. The first-order valence-corrected chi connectivity index (χ1v) is 12.8. The van der Waals surface area contributed by atoms with Crippen LogP contribution in [0.25, 0.3) is 0 Å². The van der Waals surface area contributed by atoms with Gasteiger partial charge in [-0.3, -0.25) is 0 Å². The molecule has 0 aliphatic rings. The molecule has 0 aromatic heterocycles. The van der Waals surface area contributed by atoms with Crippen LogP contribution >= 0.6 is 22.6 Å². The Balaban J connectivity index is 2.57. The van der Waals surface area contributed by atoms with E-state index in [-0.39, 0.29) is 0 Å². The molecule has 0 aliphatic carbocycles. The highest BCUT2D eigenvalue weighted by atomic mass is 127. The molecular weight excluding hydrogens is 451 g/mol. The molecule has 0 nitrogen and oxygen atoms in total. The fraction of sp³-hybridized carbons (Fsp3) is 0.778. The summed E-state index contributed by atoms with van der Waals surface area (Å²) in [6, 6.07) is 2.47. The van der Waals surface area contributed by atoms with E-state index in [1.807, 2.05) is 0 Å². The van der Waals surface area contributed by atoms with Gasteiger partial charge in [0, 0.05) is 3.42 Å². The lowest BCUT2D eigenvalue weighted by molar-refractivity contribution is 0.308. The lowest BCUT2D eigenvalue weighted by atomic mass is 9.84. The standard InChI is InChI=1S/C27H47I/c1-9-26(5,6)18-14-10-12-16-24-20-21(2)22(3)25(23(24)4)17-13-11-15-19-27(7,8)28/h20H,9-19H2,1-8H3. The van der Waals surface area contributed by atoms with Crippen molar-refractivity contribution in [2.75, 3.05) is 0 Å². The molecule has 1 rings (SSSR count). The Morgan fingerprint density at radius 3 is 1.89 bits per heavy atom. The second-order valence-electron chi connectivity index (χ2n) is 10.4. The molecule has 28 heavy (non-hydrogen) atoms. The molecule has 0 atom stereocenters. The minimum atomic E-state index is 0.451. The first kappa shape index (κ1) is 26.0. The fourth-order valence-corrected chi connectivity index (χ4v) is 4.50. The van der Waals surface area contributed by atoms with Crippen molar-refractivity contribution in [2.24, 2.45) is 5.41 Å². The maximum absolute atomic E-state index is 2.58. The molecule has 0 heterocycles. The van der Waals surface area contributed by atoms with Crippen LogP contribution in [0.1, 0.15) is 120 Å². The highest BCUT2D eigenvalue weighted by molar-refractivity contribution is 14.1. The summed E-state index contributed by atoms with van der Waals surface area (Å²) in [5, 5.41) is 0. The van der Waals surface area contributed by atoms with Crippen molar-refractivity contribution in [3.63, 3.8) is 0 Å². The first-order valence-electron chi connectivity index (χ1n) is 11.7. The van der Waals surface area contributed by atoms with Crippen LogP contribution in [-0.4, -0.2) is 3.42 Å². The zero-order valence-electron chi connectivity index (χ0n) is 20.2. The van der Waals surface area contributed by atoms with E-state index in [0.29, 0.717) is 8.84 Å². The smallest absolute Gasteiger partial charge is 0.0166 e. The van der Waals surface area contributed by atoms with Gasteiger partial charge in [-0.25, -0.2) is 0 Å². The summed E-state index contributed by atoms with van der Waals surface area (Å²) >= 11 is 2.58. The lowest BCUT2D eigenvalue weighted by Crippen LogP contribution is -2.09. The van der Waals surface area contributed by atoms with Crippen molar-refractivity contribution in [3.8, 4) is 0 Å². The molecule has 0 N–H and O–H groups in total. The summed E-state index contributed by atoms with van der Waals surface area (Å²) in [5.74, 6) is 0. The summed E-state index contributed by atoms with van der Waals surface area (Å²) in [4.78, 5) is 0. The molecule has 162 valence electrons. The van der Waals surface area contributed by atoms with Crippen molar-refractivity contribution >= 4 is 22.6 Å². The Morgan fingerprint density at radius 2 is 1.32 bits per heavy atom. The van der Waals surface area contributed by atoms with Gasteiger partial charge in [0.1, 0.15) is 0 Å². The van der Waals surface area contributed by atoms with E-state index in [2.05, 4.69) is 84.0 Å². The summed E-state index contributed by atoms with van der Waals surface area (Å²) in [5.41, 5.74) is 8.41. The second-order valence-corrected chi connectivity index (χ2v) is 13.4. The van der Waals surface area contributed by atoms with Crippen LogP contribution in [0.4, 0.5) is 0 Å². The van der Waals surface area contributed by atoms with E-state index in [4.69, 9.17) is 0 Å². The van der Waals surface area contributed by atoms with Gasteiger partial charge in [0.25, 0.3) is 0 Å². The van der Waals surface area contributed by atoms with Crippen molar-refractivity contribution < 1.29 is 0 Å². The molecule has 0 unspecified atom stereocenters. The van der Waals surface area contributed by atoms with Gasteiger partial charge in [-0.05, 0) is 92.5 Å². The second kappa shape index (κ2) is 12.0. The normalized spacial score (nSPS) is 12.6. The lowest BCUT2D eigenvalue weighted by Gasteiger charge is -2.22. The molecule has 0 radical (unpaired) electrons. The number of hydrogen-bond acceptors (Lipinski definition) is 0. The molecule has 0 aliphatic heterocycles. The number of unbranched alkanes of at least 4 members (excludes halogenated alkanes) is 4. The largest absolute Gasteiger partial charge is 0.0795 e. The van der Waals surface area contributed by atoms with E-state index < -0.39 is 0 Å². The van der Waals surface area contributed by atoms with Crippen molar-refractivity contribution in [2.45, 2.75) is 129 Å². The van der Waals surface area contributed by atoms with Gasteiger partial charge in [-0.15, -0.1) is 0 Å². The van der Waals surface area contributed by atoms with E-state index in [9.17, 15) is 0 Å². The number of halogens is 1. The van der Waals surface area contributed by atoms with Gasteiger partial charge >= 0.3 is 0 Å². The molecule has 0 spiro atoms. The topological polar surface area (TPSA) is 0 Å². The fourth-order valence-electron chi connectivity index (χ4n) is 4.12. The molecule has 0 saturated carbocycles. The summed E-state index contributed by atoms with van der Waals surface area (Å²) in [6.07, 6.45) is 14.7. The van der Waals surface area contributed by atoms with Gasteiger partial charge in [0.05, 0.1) is 0 Å². The maximum Gasteiger partial charge on any atom is 0.0166 e. The minimum absolute atomic E-state index is 0.451. The first-order chi connectivity index (χ1) is 13.0. The molecule has 0 fully saturated rings. The van der Waals surface area contributed by atoms with Gasteiger partial charge in [-0.2, -0.15) is 0 Å². The highest BCUT2D eigenvalue weighted by Gasteiger charge is 2.15. The van der Waals surface area contributed by atoms with Gasteiger partial charge in [0.2, 0.25) is 0 Å². The van der Waals surface area contributed by atoms with Crippen molar-refractivity contribution in [1.29, 1.82) is 0 Å². The minimum Gasteiger partial charge on any atom is -0.0795 e. The Labute approximate surface area is 190 Å². The number of rotatable bonds is 13. The molecule has 0 saturated heterocycles. The highest BCUT2D eigenvalue weighted by Crippen LogP contribution is 2.29. The molecular formula is C27H47I. The van der Waals surface area contributed by atoms with Crippen molar-refractivity contribution in [1.82, 2.24) is 0 Å². The van der Waals surface area contributed by atoms with Gasteiger partial charge in [-0.1, -0.05) is 95.4 Å². The Hall–Kier alpha value is -0.0500. The zero-order valence-corrected chi connectivity index (χ0v) is 22.4. The van der Waals surface area contributed by atoms with Crippen LogP contribution in [0, 0.1) is 26.2 Å². The number of benzene rings is 1. The third-order valence-electron chi connectivity index (χ3n) is 6.82. The van der Waals surface area contributed by atoms with Crippen molar-refractivity contribution in [3.05, 3.63) is 33.9 Å². The van der Waals surface area contributed by atoms with Crippen LogP contribution in [-0.2, 0) is 12.8 Å². The number of aryl methyl sites for hydroxylation is 2. The number of alkyl halides is 1. The Kier molecular flexibility index (Phi) is 11.1. The number of hydrogen-bond donors (Lipinski definition) is 0. The third kappa shape index (κ3) is 9.63. The molecule has 1 heteroatoms. The zero-order chi connectivity index (χ0) is 21.4. The predicted octanol–water partition coefficient (Wildman–Crippen LogP) is 9.47. The molecule has 1 aromatic carbocycles. The predicted molar refractivity (Wildman–Crippen MR) is 137 cm³/mol. The monoisotopic (exact) mass is 498 g/mol. The summed E-state index contributed by atoms with van der Waals surface area (Å²) in [7, 11) is 0. The van der Waals surface area contributed by atoms with E-state index in [1.54, 1.807) is 22.3 Å². The van der Waals surface area contributed by atoms with Crippen LogP contribution < -0.4 is 0 Å². The van der Waals surface area contributed by atoms with Crippen LogP contribution in [0.15, 0.2) is 6.07 Å². The van der Waals surface area contributed by atoms with Crippen LogP contribution in [0.5, 0.6) is 0 Å². The quantitative estimate of drug-likeness (QED) is 0.144. The molecule has 1 aromatic rings. The van der Waals surface area contributed by atoms with Crippen LogP contribution in [0.3, 0.4) is 0 Å². The summed E-state index contributed by atoms with van der Waals surface area (Å²) in [6.45, 7) is 18.9. The average molecular weight is 499 g/mol. The molecule has 0 bridgehead atoms. The van der Waals surface area contributed by atoms with E-state index in [1.165, 1.54) is 76.2 Å². The van der Waals surface area contributed by atoms with Gasteiger partial charge < -0.3 is 0 Å². The van der Waals surface area contributed by atoms with E-state index >= 15 is 0 Å². The van der Waals surface area contributed by atoms with Crippen LogP contribution in [0.2, 0.25) is 0 Å². The van der Waals surface area contributed by atoms with Gasteiger partial charge in [0.15, 0.2) is 0 Å². The molecule has 0 amide bonds. The SMILES string of the molecule is CCC(C)(C)CCCCCc1cc(C)c(C)c(CCCCCC(C)(C)I)c1C. The average Bonchev–Trinajstić information content (AvgIpc) is 2.60.